The lowest BCUT2D eigenvalue weighted by Crippen LogP contribution is -2.44. The van der Waals surface area contributed by atoms with Crippen molar-refractivity contribution in [3.63, 3.8) is 0 Å². The van der Waals surface area contributed by atoms with Gasteiger partial charge in [0.2, 0.25) is 5.95 Å². The van der Waals surface area contributed by atoms with E-state index in [1.165, 1.54) is 6.20 Å². The molecule has 0 aliphatic carbocycles. The largest absolute Gasteiger partial charge is 0.363 e. The Kier molecular flexibility index (Phi) is 5.82. The standard InChI is InChI=1S/C19H27FN8/c1-27-7-9-28(10-8-27)17-5-4-15(12-22-17)25-19-23-13-16(20)18(26-19)24-14-3-2-6-21-11-14/h4-5,12-14,21H,2-3,6-11H2,1H3,(H2,23,24,25,26). The van der Waals surface area contributed by atoms with Gasteiger partial charge in [0.1, 0.15) is 5.82 Å². The van der Waals surface area contributed by atoms with E-state index in [0.717, 1.165) is 63.6 Å². The predicted octanol–water partition coefficient (Wildman–Crippen LogP) is 1.67. The van der Waals surface area contributed by atoms with Gasteiger partial charge in [0, 0.05) is 38.8 Å². The van der Waals surface area contributed by atoms with Gasteiger partial charge in [0.05, 0.1) is 18.1 Å². The molecule has 2 aliphatic heterocycles. The minimum absolute atomic E-state index is 0.176. The monoisotopic (exact) mass is 386 g/mol. The second-order valence-electron chi connectivity index (χ2n) is 7.40. The van der Waals surface area contributed by atoms with Crippen LogP contribution in [0.2, 0.25) is 0 Å². The molecule has 2 aliphatic rings. The maximum Gasteiger partial charge on any atom is 0.229 e. The highest BCUT2D eigenvalue weighted by atomic mass is 19.1. The third kappa shape index (κ3) is 4.66. The molecule has 0 aromatic carbocycles. The van der Waals surface area contributed by atoms with E-state index in [1.54, 1.807) is 6.20 Å². The number of hydrogen-bond donors (Lipinski definition) is 3. The van der Waals surface area contributed by atoms with Gasteiger partial charge < -0.3 is 25.8 Å². The summed E-state index contributed by atoms with van der Waals surface area (Å²) in [6, 6.07) is 4.12. The number of nitrogens with one attached hydrogen (secondary N) is 3. The number of nitrogens with zero attached hydrogens (tertiary/aromatic N) is 5. The van der Waals surface area contributed by atoms with Crippen LogP contribution in [0.15, 0.2) is 24.5 Å². The summed E-state index contributed by atoms with van der Waals surface area (Å²) < 4.78 is 14.1. The van der Waals surface area contributed by atoms with Gasteiger partial charge in [-0.15, -0.1) is 0 Å². The highest BCUT2D eigenvalue weighted by molar-refractivity contribution is 5.56. The van der Waals surface area contributed by atoms with Crippen molar-refractivity contribution in [1.82, 2.24) is 25.2 Å². The Balaban J connectivity index is 1.40. The fourth-order valence-electron chi connectivity index (χ4n) is 3.51. The second-order valence-corrected chi connectivity index (χ2v) is 7.40. The molecule has 28 heavy (non-hydrogen) atoms. The lowest BCUT2D eigenvalue weighted by atomic mass is 10.1. The molecule has 4 rings (SSSR count). The normalized spacial score (nSPS) is 20.8. The maximum absolute atomic E-state index is 14.1. The van der Waals surface area contributed by atoms with Crippen molar-refractivity contribution in [2.45, 2.75) is 18.9 Å². The first kappa shape index (κ1) is 18.8. The topological polar surface area (TPSA) is 81.2 Å². The van der Waals surface area contributed by atoms with Gasteiger partial charge in [-0.05, 0) is 38.6 Å². The first-order valence-electron chi connectivity index (χ1n) is 9.84. The van der Waals surface area contributed by atoms with Gasteiger partial charge in [-0.25, -0.2) is 14.4 Å². The Bertz CT molecular complexity index is 770. The first-order chi connectivity index (χ1) is 13.7. The molecule has 0 bridgehead atoms. The molecule has 0 radical (unpaired) electrons. The van der Waals surface area contributed by atoms with E-state index in [-0.39, 0.29) is 11.9 Å². The van der Waals surface area contributed by atoms with Crippen molar-refractivity contribution < 1.29 is 4.39 Å². The first-order valence-corrected chi connectivity index (χ1v) is 9.84. The number of piperidine rings is 1. The summed E-state index contributed by atoms with van der Waals surface area (Å²) in [5.74, 6) is 1.10. The number of rotatable bonds is 5. The Labute approximate surface area is 164 Å². The molecule has 4 heterocycles. The average Bonchev–Trinajstić information content (AvgIpc) is 2.73. The molecule has 3 N–H and O–H groups in total. The van der Waals surface area contributed by atoms with E-state index in [1.807, 2.05) is 12.1 Å². The van der Waals surface area contributed by atoms with Crippen LogP contribution in [0.5, 0.6) is 0 Å². The van der Waals surface area contributed by atoms with Gasteiger partial charge in [-0.1, -0.05) is 0 Å². The van der Waals surface area contributed by atoms with E-state index in [0.29, 0.717) is 5.95 Å². The summed E-state index contributed by atoms with van der Waals surface area (Å²) >= 11 is 0. The van der Waals surface area contributed by atoms with Crippen molar-refractivity contribution in [2.24, 2.45) is 0 Å². The van der Waals surface area contributed by atoms with Crippen LogP contribution in [-0.4, -0.2) is 72.2 Å². The molecule has 2 aromatic heterocycles. The average molecular weight is 386 g/mol. The van der Waals surface area contributed by atoms with Gasteiger partial charge >= 0.3 is 0 Å². The van der Waals surface area contributed by atoms with E-state index in [4.69, 9.17) is 0 Å². The zero-order chi connectivity index (χ0) is 19.3. The SMILES string of the molecule is CN1CCN(c2ccc(Nc3ncc(F)c(NC4CCCNC4)n3)cn2)CC1. The van der Waals surface area contributed by atoms with Crippen molar-refractivity contribution in [2.75, 3.05) is 61.8 Å². The summed E-state index contributed by atoms with van der Waals surface area (Å²) in [4.78, 5) is 17.5. The number of hydrogen-bond acceptors (Lipinski definition) is 8. The number of aromatic nitrogens is 3. The van der Waals surface area contributed by atoms with Crippen LogP contribution < -0.4 is 20.9 Å². The Hall–Kier alpha value is -2.52. The van der Waals surface area contributed by atoms with Gasteiger partial charge in [-0.3, -0.25) is 0 Å². The van der Waals surface area contributed by atoms with E-state index in [9.17, 15) is 4.39 Å². The summed E-state index contributed by atoms with van der Waals surface area (Å²) in [6.07, 6.45) is 5.02. The van der Waals surface area contributed by atoms with Crippen molar-refractivity contribution in [3.05, 3.63) is 30.3 Å². The lowest BCUT2D eigenvalue weighted by Gasteiger charge is -2.33. The predicted molar refractivity (Wildman–Crippen MR) is 109 cm³/mol. The molecular weight excluding hydrogens is 359 g/mol. The smallest absolute Gasteiger partial charge is 0.229 e. The number of piperazine rings is 1. The molecule has 0 amide bonds. The Morgan fingerprint density at radius 1 is 1.14 bits per heavy atom. The van der Waals surface area contributed by atoms with E-state index in [2.05, 4.69) is 47.7 Å². The fraction of sp³-hybridized carbons (Fsp3) is 0.526. The van der Waals surface area contributed by atoms with Crippen LogP contribution in [0.25, 0.3) is 0 Å². The highest BCUT2D eigenvalue weighted by Crippen LogP contribution is 2.20. The summed E-state index contributed by atoms with van der Waals surface area (Å²) in [5, 5.41) is 9.59. The Morgan fingerprint density at radius 2 is 2.00 bits per heavy atom. The van der Waals surface area contributed by atoms with Crippen molar-refractivity contribution >= 4 is 23.3 Å². The minimum Gasteiger partial charge on any atom is -0.363 e. The van der Waals surface area contributed by atoms with Crippen LogP contribution in [0.4, 0.5) is 27.7 Å². The zero-order valence-electron chi connectivity index (χ0n) is 16.2. The fourth-order valence-corrected chi connectivity index (χ4v) is 3.51. The third-order valence-electron chi connectivity index (χ3n) is 5.21. The maximum atomic E-state index is 14.1. The van der Waals surface area contributed by atoms with E-state index < -0.39 is 5.82 Å². The zero-order valence-corrected chi connectivity index (χ0v) is 16.2. The Morgan fingerprint density at radius 3 is 2.71 bits per heavy atom. The van der Waals surface area contributed by atoms with Crippen molar-refractivity contribution in [1.29, 1.82) is 0 Å². The number of anilines is 4. The van der Waals surface area contributed by atoms with Crippen LogP contribution >= 0.6 is 0 Å². The molecule has 150 valence electrons. The molecule has 1 unspecified atom stereocenters. The molecule has 2 saturated heterocycles. The number of pyridine rings is 1. The molecular formula is C19H27FN8. The van der Waals surface area contributed by atoms with Crippen LogP contribution in [0, 0.1) is 5.82 Å². The van der Waals surface area contributed by atoms with Crippen LogP contribution in [0.1, 0.15) is 12.8 Å². The summed E-state index contributed by atoms with van der Waals surface area (Å²) in [7, 11) is 2.13. The second kappa shape index (κ2) is 8.66. The summed E-state index contributed by atoms with van der Waals surface area (Å²) in [5.41, 5.74) is 0.773. The molecule has 2 fully saturated rings. The molecule has 2 aromatic rings. The highest BCUT2D eigenvalue weighted by Gasteiger charge is 2.17. The van der Waals surface area contributed by atoms with Crippen molar-refractivity contribution in [3.8, 4) is 0 Å². The lowest BCUT2D eigenvalue weighted by molar-refractivity contribution is 0.312. The number of likely N-dealkylation sites (N-methyl/N-ethyl adjacent to an activating group) is 1. The minimum atomic E-state index is -0.445. The quantitative estimate of drug-likeness (QED) is 0.716. The molecule has 8 nitrogen and oxygen atoms in total. The van der Waals surface area contributed by atoms with Crippen LogP contribution in [0.3, 0.4) is 0 Å². The van der Waals surface area contributed by atoms with Crippen LogP contribution in [-0.2, 0) is 0 Å². The summed E-state index contributed by atoms with van der Waals surface area (Å²) in [6.45, 7) is 5.85. The third-order valence-corrected chi connectivity index (χ3v) is 5.21. The molecule has 0 spiro atoms. The van der Waals surface area contributed by atoms with E-state index >= 15 is 0 Å². The molecule has 0 saturated carbocycles. The van der Waals surface area contributed by atoms with Gasteiger partial charge in [-0.2, -0.15) is 4.98 Å². The number of halogens is 1. The molecule has 1 atom stereocenters. The molecule has 9 heteroatoms. The van der Waals surface area contributed by atoms with Gasteiger partial charge in [0.15, 0.2) is 11.6 Å². The van der Waals surface area contributed by atoms with Gasteiger partial charge in [0.25, 0.3) is 0 Å².